The minimum absolute atomic E-state index is 0.0700. The number of amides is 2. The molecule has 0 spiro atoms. The highest BCUT2D eigenvalue weighted by molar-refractivity contribution is 7.89. The number of carbonyl (C=O) groups excluding carboxylic acids is 3. The summed E-state index contributed by atoms with van der Waals surface area (Å²) in [5, 5.41) is 2.70. The molecule has 37 heavy (non-hydrogen) atoms. The summed E-state index contributed by atoms with van der Waals surface area (Å²) in [7, 11) is -2.39. The molecule has 0 saturated carbocycles. The van der Waals surface area contributed by atoms with Crippen molar-refractivity contribution in [3.63, 3.8) is 0 Å². The molecule has 1 aliphatic rings. The van der Waals surface area contributed by atoms with Gasteiger partial charge in [-0.05, 0) is 62.2 Å². The molecular formula is C25H28N4O6S2. The van der Waals surface area contributed by atoms with Gasteiger partial charge in [-0.15, -0.1) is 0 Å². The maximum atomic E-state index is 13.1. The Morgan fingerprint density at radius 2 is 1.86 bits per heavy atom. The molecule has 2 amide bonds. The predicted octanol–water partition coefficient (Wildman–Crippen LogP) is 3.14. The number of nitrogens with zero attached hydrogens (tertiary/aromatic N) is 3. The van der Waals surface area contributed by atoms with Gasteiger partial charge in [0, 0.05) is 30.8 Å². The minimum Gasteiger partial charge on any atom is -0.468 e. The van der Waals surface area contributed by atoms with Crippen molar-refractivity contribution in [2.75, 3.05) is 19.0 Å². The van der Waals surface area contributed by atoms with Crippen molar-refractivity contribution < 1.29 is 27.5 Å². The molecule has 4 rings (SSSR count). The van der Waals surface area contributed by atoms with Crippen molar-refractivity contribution in [3.8, 4) is 0 Å². The van der Waals surface area contributed by atoms with Gasteiger partial charge in [0.2, 0.25) is 15.9 Å². The van der Waals surface area contributed by atoms with Gasteiger partial charge in [-0.3, -0.25) is 14.4 Å². The van der Waals surface area contributed by atoms with Crippen LogP contribution in [0.25, 0.3) is 10.2 Å². The van der Waals surface area contributed by atoms with E-state index in [4.69, 9.17) is 4.74 Å². The maximum Gasteiger partial charge on any atom is 0.325 e. The average Bonchev–Trinajstić information content (AvgIpc) is 3.19. The lowest BCUT2D eigenvalue weighted by molar-refractivity contribution is -0.141. The van der Waals surface area contributed by atoms with Crippen LogP contribution >= 0.6 is 11.3 Å². The summed E-state index contributed by atoms with van der Waals surface area (Å²) in [5.74, 6) is -1.32. The molecule has 1 saturated heterocycles. The summed E-state index contributed by atoms with van der Waals surface area (Å²) in [6.45, 7) is 3.63. The predicted molar refractivity (Wildman–Crippen MR) is 140 cm³/mol. The molecule has 1 N–H and O–H groups in total. The number of esters is 1. The average molecular weight is 545 g/mol. The Hall–Kier alpha value is -3.35. The number of nitrogens with one attached hydrogen (secondary N) is 1. The molecule has 2 aromatic carbocycles. The molecule has 1 atom stereocenters. The summed E-state index contributed by atoms with van der Waals surface area (Å²) in [6.07, 6.45) is 2.65. The Bertz CT molecular complexity index is 1520. The quantitative estimate of drug-likeness (QED) is 0.475. The summed E-state index contributed by atoms with van der Waals surface area (Å²) < 4.78 is 34.8. The summed E-state index contributed by atoms with van der Waals surface area (Å²) in [6, 6.07) is 10.8. The van der Waals surface area contributed by atoms with Crippen LogP contribution in [0.3, 0.4) is 0 Å². The first kappa shape index (κ1) is 26.7. The van der Waals surface area contributed by atoms with Crippen molar-refractivity contribution in [2.45, 2.75) is 50.6 Å². The zero-order valence-corrected chi connectivity index (χ0v) is 22.4. The van der Waals surface area contributed by atoms with E-state index in [-0.39, 0.29) is 33.8 Å². The van der Waals surface area contributed by atoms with Crippen molar-refractivity contribution in [2.24, 2.45) is 4.99 Å². The number of ether oxygens (including phenoxy) is 1. The summed E-state index contributed by atoms with van der Waals surface area (Å²) >= 11 is 1.18. The first-order valence-corrected chi connectivity index (χ1v) is 14.0. The molecule has 10 nitrogen and oxygen atoms in total. The fourth-order valence-electron chi connectivity index (χ4n) is 4.27. The number of piperidine rings is 1. The number of hydrogen-bond acceptors (Lipinski definition) is 7. The molecule has 12 heteroatoms. The van der Waals surface area contributed by atoms with Crippen LogP contribution in [0, 0.1) is 0 Å². The van der Waals surface area contributed by atoms with Gasteiger partial charge in [0.05, 0.1) is 22.2 Å². The number of benzene rings is 2. The molecule has 0 aliphatic carbocycles. The van der Waals surface area contributed by atoms with Crippen LogP contribution in [-0.4, -0.2) is 54.8 Å². The van der Waals surface area contributed by atoms with E-state index in [0.29, 0.717) is 22.4 Å². The Kier molecular flexibility index (Phi) is 7.90. The standard InChI is InChI=1S/C25H28N4O6S2/c1-16-6-4-5-13-29(16)37(33,34)20-10-7-18(8-11-20)24(32)27-25-28(15-23(31)35-3)21-12-9-19(26-17(2)30)14-22(21)36-25/h7-12,14,16H,4-6,13,15H2,1-3H3,(H,26,30)/t16-/m0/s1. The van der Waals surface area contributed by atoms with E-state index < -0.39 is 21.9 Å². The lowest BCUT2D eigenvalue weighted by atomic mass is 10.1. The van der Waals surface area contributed by atoms with Crippen LogP contribution in [-0.2, 0) is 30.9 Å². The second-order valence-corrected chi connectivity index (χ2v) is 11.7. The van der Waals surface area contributed by atoms with E-state index in [2.05, 4.69) is 10.3 Å². The number of sulfonamides is 1. The van der Waals surface area contributed by atoms with E-state index in [1.54, 1.807) is 22.8 Å². The third-order valence-electron chi connectivity index (χ3n) is 6.17. The highest BCUT2D eigenvalue weighted by atomic mass is 32.2. The smallest absolute Gasteiger partial charge is 0.325 e. The number of fused-ring (bicyclic) bond motifs is 1. The number of methoxy groups -OCH3 is 1. The Morgan fingerprint density at radius 1 is 1.14 bits per heavy atom. The van der Waals surface area contributed by atoms with Crippen molar-refractivity contribution in [1.29, 1.82) is 0 Å². The molecule has 2 heterocycles. The lowest BCUT2D eigenvalue weighted by Gasteiger charge is -2.32. The highest BCUT2D eigenvalue weighted by Gasteiger charge is 2.31. The maximum absolute atomic E-state index is 13.1. The van der Waals surface area contributed by atoms with Gasteiger partial charge < -0.3 is 14.6 Å². The first-order chi connectivity index (χ1) is 17.6. The van der Waals surface area contributed by atoms with E-state index >= 15 is 0 Å². The van der Waals surface area contributed by atoms with Gasteiger partial charge >= 0.3 is 5.97 Å². The molecule has 0 unspecified atom stereocenters. The monoisotopic (exact) mass is 544 g/mol. The largest absolute Gasteiger partial charge is 0.468 e. The molecule has 1 fully saturated rings. The van der Waals surface area contributed by atoms with Crippen LogP contribution in [0.1, 0.15) is 43.5 Å². The second-order valence-electron chi connectivity index (χ2n) is 8.81. The van der Waals surface area contributed by atoms with Gasteiger partial charge in [0.1, 0.15) is 6.54 Å². The van der Waals surface area contributed by atoms with Crippen LogP contribution in [0.15, 0.2) is 52.4 Å². The first-order valence-electron chi connectivity index (χ1n) is 11.8. The van der Waals surface area contributed by atoms with Gasteiger partial charge in [-0.2, -0.15) is 9.30 Å². The van der Waals surface area contributed by atoms with Crippen LogP contribution < -0.4 is 10.1 Å². The van der Waals surface area contributed by atoms with Gasteiger partial charge in [-0.1, -0.05) is 17.8 Å². The molecule has 1 aliphatic heterocycles. The van der Waals surface area contributed by atoms with Gasteiger partial charge in [-0.25, -0.2) is 8.42 Å². The number of carbonyl (C=O) groups is 3. The van der Waals surface area contributed by atoms with E-state index in [1.807, 2.05) is 6.92 Å². The molecule has 0 bridgehead atoms. The number of hydrogen-bond donors (Lipinski definition) is 1. The van der Waals surface area contributed by atoms with Crippen LogP contribution in [0.5, 0.6) is 0 Å². The van der Waals surface area contributed by atoms with E-state index in [9.17, 15) is 22.8 Å². The van der Waals surface area contributed by atoms with Crippen molar-refractivity contribution >= 4 is 55.0 Å². The summed E-state index contributed by atoms with van der Waals surface area (Å²) in [4.78, 5) is 41.1. The Balaban J connectivity index is 1.68. The number of rotatable bonds is 6. The van der Waals surface area contributed by atoms with Gasteiger partial charge in [0.15, 0.2) is 4.80 Å². The number of anilines is 1. The summed E-state index contributed by atoms with van der Waals surface area (Å²) in [5.41, 5.74) is 1.43. The third kappa shape index (κ3) is 5.81. The zero-order chi connectivity index (χ0) is 26.7. The van der Waals surface area contributed by atoms with Gasteiger partial charge in [0.25, 0.3) is 5.91 Å². The Morgan fingerprint density at radius 3 is 2.51 bits per heavy atom. The fourth-order valence-corrected chi connectivity index (χ4v) is 7.04. The normalized spacial score (nSPS) is 17.1. The molecule has 196 valence electrons. The molecular weight excluding hydrogens is 516 g/mol. The SMILES string of the molecule is COC(=O)Cn1c(=NC(=O)c2ccc(S(=O)(=O)N3CCCC[C@@H]3C)cc2)sc2cc(NC(C)=O)ccc21. The lowest BCUT2D eigenvalue weighted by Crippen LogP contribution is -2.41. The topological polar surface area (TPSA) is 127 Å². The molecule has 3 aromatic rings. The van der Waals surface area contributed by atoms with E-state index in [0.717, 1.165) is 19.3 Å². The number of aromatic nitrogens is 1. The highest BCUT2D eigenvalue weighted by Crippen LogP contribution is 2.26. The van der Waals surface area contributed by atoms with Crippen LogP contribution in [0.4, 0.5) is 5.69 Å². The molecule has 1 aromatic heterocycles. The third-order valence-corrected chi connectivity index (χ3v) is 9.23. The number of thiazole rings is 1. The molecule has 0 radical (unpaired) electrons. The van der Waals surface area contributed by atoms with Crippen molar-refractivity contribution in [3.05, 3.63) is 52.8 Å². The second kappa shape index (κ2) is 11.0. The Labute approximate surface area is 218 Å². The minimum atomic E-state index is -3.66. The zero-order valence-electron chi connectivity index (χ0n) is 20.8. The van der Waals surface area contributed by atoms with E-state index in [1.165, 1.54) is 53.9 Å². The van der Waals surface area contributed by atoms with Crippen LogP contribution in [0.2, 0.25) is 0 Å². The van der Waals surface area contributed by atoms with Crippen molar-refractivity contribution in [1.82, 2.24) is 8.87 Å². The fraction of sp³-hybridized carbons (Fsp3) is 0.360.